The van der Waals surface area contributed by atoms with Gasteiger partial charge < -0.3 is 4.74 Å². The molecule has 4 nitrogen and oxygen atoms in total. The molecule has 0 aromatic rings. The first-order valence-corrected chi connectivity index (χ1v) is 5.92. The minimum absolute atomic E-state index is 0.0854. The third-order valence-electron chi connectivity index (χ3n) is 3.08. The Balaban J connectivity index is 4.45. The van der Waals surface area contributed by atoms with Crippen molar-refractivity contribution in [1.29, 1.82) is 0 Å². The molecule has 16 heavy (non-hydrogen) atoms. The van der Waals surface area contributed by atoms with Crippen LogP contribution in [-0.4, -0.2) is 35.6 Å². The maximum atomic E-state index is 11.8. The van der Waals surface area contributed by atoms with Crippen molar-refractivity contribution in [1.82, 2.24) is 4.67 Å². The molecule has 0 aliphatic carbocycles. The van der Waals surface area contributed by atoms with Crippen LogP contribution in [0.25, 0.3) is 0 Å². The molecular weight excluding hydrogens is 225 g/mol. The first kappa shape index (κ1) is 15.5. The van der Waals surface area contributed by atoms with Crippen molar-refractivity contribution in [2.75, 3.05) is 13.7 Å². The van der Waals surface area contributed by atoms with E-state index in [4.69, 9.17) is 4.74 Å². The van der Waals surface area contributed by atoms with E-state index < -0.39 is 5.97 Å². The van der Waals surface area contributed by atoms with Crippen LogP contribution >= 0.6 is 9.39 Å². The molecule has 0 aliphatic heterocycles. The third kappa shape index (κ3) is 4.18. The van der Waals surface area contributed by atoms with Gasteiger partial charge in [0.05, 0.1) is 6.61 Å². The molecular formula is C11H22NO3P. The number of esters is 1. The lowest BCUT2D eigenvalue weighted by atomic mass is 9.84. The van der Waals surface area contributed by atoms with Gasteiger partial charge in [0, 0.05) is 11.5 Å². The summed E-state index contributed by atoms with van der Waals surface area (Å²) >= 11 is 0. The van der Waals surface area contributed by atoms with Crippen LogP contribution < -0.4 is 0 Å². The summed E-state index contributed by atoms with van der Waals surface area (Å²) in [6.45, 7) is 7.81. The molecule has 0 amide bonds. The molecule has 5 heteroatoms. The molecule has 0 spiro atoms. The summed E-state index contributed by atoms with van der Waals surface area (Å²) in [4.78, 5) is 23.0. The van der Waals surface area contributed by atoms with Gasteiger partial charge in [-0.25, -0.2) is 0 Å². The number of ether oxygens (including phenoxy) is 1. The monoisotopic (exact) mass is 247 g/mol. The molecule has 0 saturated heterocycles. The minimum Gasteiger partial charge on any atom is -0.466 e. The van der Waals surface area contributed by atoms with Crippen LogP contribution in [0.15, 0.2) is 0 Å². The van der Waals surface area contributed by atoms with Gasteiger partial charge in [-0.3, -0.25) is 14.3 Å². The molecule has 0 aromatic carbocycles. The average molecular weight is 247 g/mol. The van der Waals surface area contributed by atoms with E-state index in [0.717, 1.165) is 0 Å². The normalized spacial score (nSPS) is 13.7. The zero-order chi connectivity index (χ0) is 12.9. The predicted molar refractivity (Wildman–Crippen MR) is 67.0 cm³/mol. The van der Waals surface area contributed by atoms with Crippen molar-refractivity contribution in [3.8, 4) is 0 Å². The molecule has 0 rings (SSSR count). The van der Waals surface area contributed by atoms with Gasteiger partial charge in [-0.15, -0.1) is 0 Å². The van der Waals surface area contributed by atoms with E-state index in [2.05, 4.69) is 9.39 Å². The SMILES string of the molecule is CCOC(=O)CC(=O)C(C)C(C)(C)N(C)P. The van der Waals surface area contributed by atoms with Crippen LogP contribution in [0, 0.1) is 5.92 Å². The van der Waals surface area contributed by atoms with Crippen LogP contribution in [0.4, 0.5) is 0 Å². The highest BCUT2D eigenvalue weighted by Crippen LogP contribution is 2.27. The molecule has 0 heterocycles. The van der Waals surface area contributed by atoms with Crippen LogP contribution in [0.3, 0.4) is 0 Å². The summed E-state index contributed by atoms with van der Waals surface area (Å²) in [5.74, 6) is -0.751. The van der Waals surface area contributed by atoms with Crippen LogP contribution in [-0.2, 0) is 14.3 Å². The third-order valence-corrected chi connectivity index (χ3v) is 3.74. The van der Waals surface area contributed by atoms with Gasteiger partial charge in [-0.05, 0) is 27.8 Å². The van der Waals surface area contributed by atoms with Crippen molar-refractivity contribution in [3.63, 3.8) is 0 Å². The number of rotatable bonds is 6. The van der Waals surface area contributed by atoms with Gasteiger partial charge in [0.15, 0.2) is 0 Å². The lowest BCUT2D eigenvalue weighted by Gasteiger charge is -2.37. The minimum atomic E-state index is -0.443. The van der Waals surface area contributed by atoms with Gasteiger partial charge in [0.25, 0.3) is 0 Å². The second-order valence-electron chi connectivity index (χ2n) is 4.43. The molecule has 0 aromatic heterocycles. The molecule has 94 valence electrons. The Morgan fingerprint density at radius 3 is 2.31 bits per heavy atom. The summed E-state index contributed by atoms with van der Waals surface area (Å²) in [6, 6.07) is 0. The number of hydrogen-bond acceptors (Lipinski definition) is 4. The lowest BCUT2D eigenvalue weighted by Crippen LogP contribution is -2.44. The Bertz CT molecular complexity index is 264. The number of nitrogens with zero attached hydrogens (tertiary/aromatic N) is 1. The molecule has 0 fully saturated rings. The molecule has 0 N–H and O–H groups in total. The highest BCUT2D eigenvalue weighted by molar-refractivity contribution is 7.13. The van der Waals surface area contributed by atoms with E-state index in [1.54, 1.807) is 6.92 Å². The quantitative estimate of drug-likeness (QED) is 0.407. The van der Waals surface area contributed by atoms with Crippen molar-refractivity contribution in [3.05, 3.63) is 0 Å². The van der Waals surface area contributed by atoms with Crippen molar-refractivity contribution < 1.29 is 14.3 Å². The first-order valence-electron chi connectivity index (χ1n) is 5.40. The van der Waals surface area contributed by atoms with Crippen molar-refractivity contribution in [2.24, 2.45) is 5.92 Å². The lowest BCUT2D eigenvalue weighted by molar-refractivity contribution is -0.146. The second kappa shape index (κ2) is 6.31. The number of Topliss-reactive ketones (excluding diaryl/α,β-unsaturated/α-hetero) is 1. The van der Waals surface area contributed by atoms with E-state index in [-0.39, 0.29) is 23.7 Å². The highest BCUT2D eigenvalue weighted by atomic mass is 31.0. The van der Waals surface area contributed by atoms with Gasteiger partial charge >= 0.3 is 5.97 Å². The Morgan fingerprint density at radius 1 is 1.44 bits per heavy atom. The smallest absolute Gasteiger partial charge is 0.313 e. The summed E-state index contributed by atoms with van der Waals surface area (Å²) in [7, 11) is 4.44. The predicted octanol–water partition coefficient (Wildman–Crippen LogP) is 1.65. The summed E-state index contributed by atoms with van der Waals surface area (Å²) in [6.07, 6.45) is -0.142. The number of carbonyl (C=O) groups excluding carboxylic acids is 2. The zero-order valence-corrected chi connectivity index (χ0v) is 11.9. The van der Waals surface area contributed by atoms with Crippen LogP contribution in [0.2, 0.25) is 0 Å². The zero-order valence-electron chi connectivity index (χ0n) is 10.7. The standard InChI is InChI=1S/C11H22NO3P/c1-6-15-10(14)7-9(13)8(2)11(3,4)12(5)16/h8H,6-7,16H2,1-5H3. The van der Waals surface area contributed by atoms with E-state index in [1.165, 1.54) is 0 Å². The maximum absolute atomic E-state index is 11.8. The van der Waals surface area contributed by atoms with Gasteiger partial charge in [0.2, 0.25) is 0 Å². The van der Waals surface area contributed by atoms with Gasteiger partial charge in [-0.2, -0.15) is 0 Å². The van der Waals surface area contributed by atoms with E-state index in [1.807, 2.05) is 32.5 Å². The second-order valence-corrected chi connectivity index (χ2v) is 5.21. The van der Waals surface area contributed by atoms with E-state index >= 15 is 0 Å². The molecule has 0 bridgehead atoms. The summed E-state index contributed by atoms with van der Waals surface area (Å²) in [5.41, 5.74) is -0.297. The topological polar surface area (TPSA) is 46.6 Å². The highest BCUT2D eigenvalue weighted by Gasteiger charge is 2.34. The first-order chi connectivity index (χ1) is 7.23. The van der Waals surface area contributed by atoms with E-state index in [0.29, 0.717) is 6.61 Å². The summed E-state index contributed by atoms with van der Waals surface area (Å²) in [5, 5.41) is 0. The number of ketones is 1. The largest absolute Gasteiger partial charge is 0.466 e. The summed E-state index contributed by atoms with van der Waals surface area (Å²) < 4.78 is 6.66. The van der Waals surface area contributed by atoms with E-state index in [9.17, 15) is 9.59 Å². The fourth-order valence-electron chi connectivity index (χ4n) is 1.21. The molecule has 0 saturated carbocycles. The van der Waals surface area contributed by atoms with Crippen LogP contribution in [0.1, 0.15) is 34.1 Å². The maximum Gasteiger partial charge on any atom is 0.313 e. The number of hydrogen-bond donors (Lipinski definition) is 0. The molecule has 2 atom stereocenters. The molecule has 0 aliphatic rings. The molecule has 0 radical (unpaired) electrons. The number of carbonyl (C=O) groups is 2. The Hall–Kier alpha value is -0.470. The van der Waals surface area contributed by atoms with Crippen molar-refractivity contribution in [2.45, 2.75) is 39.7 Å². The van der Waals surface area contributed by atoms with Gasteiger partial charge in [0.1, 0.15) is 12.2 Å². The molecule has 2 unspecified atom stereocenters. The van der Waals surface area contributed by atoms with Gasteiger partial charge in [-0.1, -0.05) is 16.3 Å². The fraction of sp³-hybridized carbons (Fsp3) is 0.818. The fourth-order valence-corrected chi connectivity index (χ4v) is 1.43. The average Bonchev–Trinajstić information content (AvgIpc) is 2.16. The van der Waals surface area contributed by atoms with Crippen molar-refractivity contribution >= 4 is 21.1 Å². The Morgan fingerprint density at radius 2 is 1.94 bits per heavy atom. The van der Waals surface area contributed by atoms with Crippen LogP contribution in [0.5, 0.6) is 0 Å². The Labute approximate surface area is 100.0 Å². The Kier molecular flexibility index (Phi) is 6.13.